The van der Waals surface area contributed by atoms with Gasteiger partial charge in [0, 0.05) is 12.1 Å². The van der Waals surface area contributed by atoms with Crippen LogP contribution >= 0.6 is 0 Å². The fourth-order valence-electron chi connectivity index (χ4n) is 3.13. The van der Waals surface area contributed by atoms with Crippen LogP contribution in [-0.2, 0) is 9.59 Å². The predicted molar refractivity (Wildman–Crippen MR) is 78.6 cm³/mol. The molecule has 0 aromatic heterocycles. The van der Waals surface area contributed by atoms with E-state index in [2.05, 4.69) is 5.32 Å². The van der Waals surface area contributed by atoms with Crippen LogP contribution < -0.4 is 5.32 Å². The van der Waals surface area contributed by atoms with Gasteiger partial charge >= 0.3 is 5.97 Å². The molecule has 0 aromatic carbocycles. The van der Waals surface area contributed by atoms with Crippen molar-refractivity contribution in [3.63, 3.8) is 0 Å². The summed E-state index contributed by atoms with van der Waals surface area (Å²) in [6.07, 6.45) is 5.99. The highest BCUT2D eigenvalue weighted by molar-refractivity contribution is 5.81. The van der Waals surface area contributed by atoms with Crippen molar-refractivity contribution in [2.45, 2.75) is 70.4 Å². The summed E-state index contributed by atoms with van der Waals surface area (Å²) in [5, 5.41) is 12.1. The Morgan fingerprint density at radius 2 is 1.90 bits per heavy atom. The minimum Gasteiger partial charge on any atom is -0.481 e. The van der Waals surface area contributed by atoms with Gasteiger partial charge in [-0.15, -0.1) is 0 Å². The topological polar surface area (TPSA) is 69.6 Å². The smallest absolute Gasteiger partial charge is 0.305 e. The first-order valence-corrected chi connectivity index (χ1v) is 7.65. The number of carboxylic acid groups (broad SMARTS) is 1. The monoisotopic (exact) mass is 284 g/mol. The molecule has 1 aliphatic carbocycles. The molecule has 5 heteroatoms. The number of nitrogens with zero attached hydrogens (tertiary/aromatic N) is 1. The summed E-state index contributed by atoms with van der Waals surface area (Å²) in [6.45, 7) is 4.55. The van der Waals surface area contributed by atoms with Gasteiger partial charge < -0.3 is 10.4 Å². The van der Waals surface area contributed by atoms with Gasteiger partial charge in [0.15, 0.2) is 0 Å². The Bertz CT molecular complexity index is 338. The third kappa shape index (κ3) is 4.20. The van der Waals surface area contributed by atoms with Gasteiger partial charge in [0.1, 0.15) is 0 Å². The second-order valence-corrected chi connectivity index (χ2v) is 5.93. The van der Waals surface area contributed by atoms with E-state index in [1.54, 1.807) is 0 Å². The average Bonchev–Trinajstić information content (AvgIpc) is 2.43. The van der Waals surface area contributed by atoms with E-state index in [1.807, 2.05) is 25.8 Å². The van der Waals surface area contributed by atoms with E-state index in [1.165, 1.54) is 0 Å². The number of likely N-dealkylation sites (N-methyl/N-ethyl adjacent to an activating group) is 1. The Labute approximate surface area is 121 Å². The lowest BCUT2D eigenvalue weighted by molar-refractivity contribution is -0.143. The average molecular weight is 284 g/mol. The molecule has 2 N–H and O–H groups in total. The summed E-state index contributed by atoms with van der Waals surface area (Å²) < 4.78 is 0. The Balaban J connectivity index is 2.78. The molecule has 1 atom stereocenters. The third-order valence-corrected chi connectivity index (χ3v) is 4.52. The largest absolute Gasteiger partial charge is 0.481 e. The first-order valence-electron chi connectivity index (χ1n) is 7.65. The number of hydrogen-bond donors (Lipinski definition) is 2. The summed E-state index contributed by atoms with van der Waals surface area (Å²) in [4.78, 5) is 25.3. The molecule has 0 aliphatic heterocycles. The van der Waals surface area contributed by atoms with E-state index in [0.717, 1.165) is 38.5 Å². The number of nitrogens with one attached hydrogen (secondary N) is 1. The molecule has 1 amide bonds. The highest BCUT2D eigenvalue weighted by Gasteiger charge is 2.41. The zero-order valence-electron chi connectivity index (χ0n) is 12.9. The molecule has 0 saturated heterocycles. The van der Waals surface area contributed by atoms with Crippen LogP contribution in [0.15, 0.2) is 0 Å². The normalized spacial score (nSPS) is 19.6. The number of carboxylic acids is 1. The number of aliphatic carboxylic acids is 1. The molecule has 1 rings (SSSR count). The van der Waals surface area contributed by atoms with Crippen LogP contribution in [0.5, 0.6) is 0 Å². The molecule has 20 heavy (non-hydrogen) atoms. The van der Waals surface area contributed by atoms with E-state index < -0.39 is 5.97 Å². The molecule has 5 nitrogen and oxygen atoms in total. The Morgan fingerprint density at radius 1 is 1.30 bits per heavy atom. The van der Waals surface area contributed by atoms with Crippen molar-refractivity contribution in [3.05, 3.63) is 0 Å². The quantitative estimate of drug-likeness (QED) is 0.750. The molecule has 0 heterocycles. The van der Waals surface area contributed by atoms with Crippen LogP contribution in [-0.4, -0.2) is 47.1 Å². The first kappa shape index (κ1) is 17.0. The molecule has 1 aliphatic rings. The molecular weight excluding hydrogens is 256 g/mol. The maximum absolute atomic E-state index is 12.1. The molecule has 1 unspecified atom stereocenters. The lowest BCUT2D eigenvalue weighted by atomic mass is 9.77. The minimum absolute atomic E-state index is 0.00955. The van der Waals surface area contributed by atoms with Crippen LogP contribution in [0, 0.1) is 0 Å². The fourth-order valence-corrected chi connectivity index (χ4v) is 3.13. The maximum atomic E-state index is 12.1. The van der Waals surface area contributed by atoms with Crippen molar-refractivity contribution >= 4 is 11.9 Å². The molecule has 0 aromatic rings. The zero-order valence-corrected chi connectivity index (χ0v) is 12.9. The van der Waals surface area contributed by atoms with Gasteiger partial charge in [-0.3, -0.25) is 14.5 Å². The zero-order chi connectivity index (χ0) is 15.2. The van der Waals surface area contributed by atoms with Gasteiger partial charge in [0.25, 0.3) is 0 Å². The van der Waals surface area contributed by atoms with E-state index in [9.17, 15) is 14.7 Å². The van der Waals surface area contributed by atoms with Gasteiger partial charge in [0.2, 0.25) is 5.91 Å². The molecule has 1 fully saturated rings. The maximum Gasteiger partial charge on any atom is 0.305 e. The van der Waals surface area contributed by atoms with Gasteiger partial charge in [0.05, 0.1) is 12.5 Å². The second-order valence-electron chi connectivity index (χ2n) is 5.93. The number of carbonyl (C=O) groups excluding carboxylic acids is 1. The van der Waals surface area contributed by atoms with E-state index in [-0.39, 0.29) is 23.9 Å². The van der Waals surface area contributed by atoms with Gasteiger partial charge in [-0.1, -0.05) is 26.2 Å². The number of rotatable bonds is 7. The molecule has 1 saturated carbocycles. The molecule has 0 bridgehead atoms. The number of carbonyl (C=O) groups is 2. The lowest BCUT2D eigenvalue weighted by Gasteiger charge is -2.46. The van der Waals surface area contributed by atoms with Crippen molar-refractivity contribution in [1.82, 2.24) is 10.2 Å². The SMILES string of the molecule is CCCNC(=O)C(C)N(C)C1(CC(=O)O)CCCCC1. The van der Waals surface area contributed by atoms with E-state index >= 15 is 0 Å². The summed E-state index contributed by atoms with van der Waals surface area (Å²) >= 11 is 0. The summed E-state index contributed by atoms with van der Waals surface area (Å²) in [6, 6.07) is -0.293. The highest BCUT2D eigenvalue weighted by Crippen LogP contribution is 2.36. The minimum atomic E-state index is -0.778. The Morgan fingerprint density at radius 3 is 2.40 bits per heavy atom. The van der Waals surface area contributed by atoms with Crippen LogP contribution in [0.4, 0.5) is 0 Å². The second kappa shape index (κ2) is 7.62. The van der Waals surface area contributed by atoms with Crippen LogP contribution in [0.1, 0.15) is 58.8 Å². The molecule has 0 spiro atoms. The van der Waals surface area contributed by atoms with Gasteiger partial charge in [-0.05, 0) is 33.2 Å². The van der Waals surface area contributed by atoms with Gasteiger partial charge in [-0.2, -0.15) is 0 Å². The van der Waals surface area contributed by atoms with E-state index in [4.69, 9.17) is 0 Å². The molecule has 0 radical (unpaired) electrons. The van der Waals surface area contributed by atoms with Crippen molar-refractivity contribution in [3.8, 4) is 0 Å². The van der Waals surface area contributed by atoms with Crippen LogP contribution in [0.25, 0.3) is 0 Å². The predicted octanol–water partition coefficient (Wildman–Crippen LogP) is 2.01. The molecular formula is C15H28N2O3. The van der Waals surface area contributed by atoms with Crippen LogP contribution in [0.3, 0.4) is 0 Å². The van der Waals surface area contributed by atoms with Crippen molar-refractivity contribution in [1.29, 1.82) is 0 Å². The number of amides is 1. The summed E-state index contributed by atoms with van der Waals surface area (Å²) in [7, 11) is 1.89. The molecule has 116 valence electrons. The fraction of sp³-hybridized carbons (Fsp3) is 0.867. The highest BCUT2D eigenvalue weighted by atomic mass is 16.4. The first-order chi connectivity index (χ1) is 9.43. The van der Waals surface area contributed by atoms with Crippen molar-refractivity contribution in [2.24, 2.45) is 0 Å². The summed E-state index contributed by atoms with van der Waals surface area (Å²) in [5.74, 6) is -0.787. The third-order valence-electron chi connectivity index (χ3n) is 4.52. The Hall–Kier alpha value is -1.10. The Kier molecular flexibility index (Phi) is 6.46. The van der Waals surface area contributed by atoms with E-state index in [0.29, 0.717) is 6.54 Å². The van der Waals surface area contributed by atoms with Crippen LogP contribution in [0.2, 0.25) is 0 Å². The standard InChI is InChI=1S/C15H28N2O3/c1-4-10-16-14(20)12(2)17(3)15(11-13(18)19)8-6-5-7-9-15/h12H,4-11H2,1-3H3,(H,16,20)(H,18,19). The van der Waals surface area contributed by atoms with Crippen molar-refractivity contribution < 1.29 is 14.7 Å². The number of hydrogen-bond acceptors (Lipinski definition) is 3. The van der Waals surface area contributed by atoms with Crippen molar-refractivity contribution in [2.75, 3.05) is 13.6 Å². The lowest BCUT2D eigenvalue weighted by Crippen LogP contribution is -2.57. The van der Waals surface area contributed by atoms with Gasteiger partial charge in [-0.25, -0.2) is 0 Å². The summed E-state index contributed by atoms with van der Waals surface area (Å²) in [5.41, 5.74) is -0.368.